The smallest absolute Gasteiger partial charge is 0.264 e. The fraction of sp³-hybridized carbons (Fsp3) is 0.217. The van der Waals surface area contributed by atoms with Crippen molar-refractivity contribution in [3.8, 4) is 0 Å². The lowest BCUT2D eigenvalue weighted by molar-refractivity contribution is 0.101. The molecule has 0 atom stereocenters. The van der Waals surface area contributed by atoms with Gasteiger partial charge in [-0.2, -0.15) is 0 Å². The Hall–Kier alpha value is -2.65. The number of fused-ring (bicyclic) bond motifs is 2. The van der Waals surface area contributed by atoms with Crippen LogP contribution in [0.4, 0.5) is 5.69 Å². The van der Waals surface area contributed by atoms with Crippen LogP contribution in [0.2, 0.25) is 5.02 Å². The molecule has 0 N–H and O–H groups in total. The quantitative estimate of drug-likeness (QED) is 0.540. The summed E-state index contributed by atoms with van der Waals surface area (Å²) in [4.78, 5) is 20.3. The van der Waals surface area contributed by atoms with E-state index in [-0.39, 0.29) is 11.3 Å². The number of carbonyl (C=O) groups is 1. The van der Waals surface area contributed by atoms with E-state index in [9.17, 15) is 4.79 Å². The molecule has 27 heavy (non-hydrogen) atoms. The number of hydrogen-bond acceptors (Lipinski definition) is 2. The highest BCUT2D eigenvalue weighted by Gasteiger charge is 2.42. The standard InChI is InChI=1S/C23H19ClN2O/c1-13-4-7-15(8-5-13)26-19-12-23(2,3)11-18-21(19)20(22(26)27)16-10-14(24)6-9-17(16)25-18/h4-10,12H,11H2,1-3H3. The van der Waals surface area contributed by atoms with Crippen LogP contribution in [0.15, 0.2) is 48.5 Å². The van der Waals surface area contributed by atoms with Gasteiger partial charge in [-0.3, -0.25) is 14.7 Å². The van der Waals surface area contributed by atoms with Gasteiger partial charge >= 0.3 is 0 Å². The molecular formula is C23H19ClN2O. The normalized spacial score (nSPS) is 17.3. The number of nitrogens with zero attached hydrogens (tertiary/aromatic N) is 2. The number of halogens is 1. The molecule has 1 aromatic heterocycles. The molecule has 0 spiro atoms. The van der Waals surface area contributed by atoms with Gasteiger partial charge in [-0.1, -0.05) is 49.2 Å². The maximum absolute atomic E-state index is 13.6. The summed E-state index contributed by atoms with van der Waals surface area (Å²) >= 11 is 6.24. The predicted octanol–water partition coefficient (Wildman–Crippen LogP) is 5.78. The molecule has 0 bridgehead atoms. The number of carbonyl (C=O) groups excluding carboxylic acids is 1. The fourth-order valence-corrected chi connectivity index (χ4v) is 4.36. The zero-order chi connectivity index (χ0) is 18.9. The third kappa shape index (κ3) is 2.42. The van der Waals surface area contributed by atoms with Crippen molar-refractivity contribution in [3.63, 3.8) is 0 Å². The molecule has 2 aromatic carbocycles. The minimum Gasteiger partial charge on any atom is -0.277 e. The number of aromatic nitrogens is 1. The Morgan fingerprint density at radius 1 is 1.07 bits per heavy atom. The van der Waals surface area contributed by atoms with Gasteiger partial charge in [0.15, 0.2) is 0 Å². The highest BCUT2D eigenvalue weighted by molar-refractivity contribution is 6.32. The highest BCUT2D eigenvalue weighted by Crippen LogP contribution is 2.47. The SMILES string of the molecule is Cc1ccc(N2C(=O)c3c4c(nc5ccc(Cl)cc35)CC(C)(C)C=C42)cc1. The predicted molar refractivity (Wildman–Crippen MR) is 110 cm³/mol. The number of amides is 1. The van der Waals surface area contributed by atoms with Gasteiger partial charge in [-0.05, 0) is 49.1 Å². The van der Waals surface area contributed by atoms with E-state index in [1.54, 1.807) is 0 Å². The van der Waals surface area contributed by atoms with E-state index in [4.69, 9.17) is 16.6 Å². The van der Waals surface area contributed by atoms with Crippen molar-refractivity contribution in [1.82, 2.24) is 4.98 Å². The lowest BCUT2D eigenvalue weighted by Crippen LogP contribution is -2.26. The van der Waals surface area contributed by atoms with Crippen molar-refractivity contribution in [1.29, 1.82) is 0 Å². The first-order chi connectivity index (χ1) is 12.8. The maximum atomic E-state index is 13.6. The third-order valence-electron chi connectivity index (χ3n) is 5.38. The van der Waals surface area contributed by atoms with Crippen molar-refractivity contribution in [3.05, 3.63) is 75.9 Å². The van der Waals surface area contributed by atoms with Crippen molar-refractivity contribution >= 4 is 39.8 Å². The molecule has 1 amide bonds. The maximum Gasteiger partial charge on any atom is 0.264 e. The monoisotopic (exact) mass is 374 g/mol. The van der Waals surface area contributed by atoms with Gasteiger partial charge in [0.2, 0.25) is 0 Å². The zero-order valence-corrected chi connectivity index (χ0v) is 16.3. The van der Waals surface area contributed by atoms with Gasteiger partial charge in [-0.15, -0.1) is 0 Å². The van der Waals surface area contributed by atoms with E-state index < -0.39 is 0 Å². The van der Waals surface area contributed by atoms with Crippen molar-refractivity contribution in [2.24, 2.45) is 5.41 Å². The number of allylic oxidation sites excluding steroid dienone is 1. The average molecular weight is 375 g/mol. The summed E-state index contributed by atoms with van der Waals surface area (Å²) in [5.74, 6) is -0.00582. The van der Waals surface area contributed by atoms with Crippen LogP contribution in [0, 0.1) is 12.3 Å². The van der Waals surface area contributed by atoms with Crippen LogP contribution in [-0.4, -0.2) is 10.9 Å². The lowest BCUT2D eigenvalue weighted by Gasteiger charge is -2.30. The third-order valence-corrected chi connectivity index (χ3v) is 5.61. The summed E-state index contributed by atoms with van der Waals surface area (Å²) in [7, 11) is 0. The molecule has 0 saturated heterocycles. The van der Waals surface area contributed by atoms with Crippen LogP contribution >= 0.6 is 11.6 Å². The van der Waals surface area contributed by atoms with Crippen LogP contribution in [0.1, 0.15) is 41.0 Å². The first-order valence-electron chi connectivity index (χ1n) is 9.10. The molecule has 2 heterocycles. The summed E-state index contributed by atoms with van der Waals surface area (Å²) in [6.45, 7) is 6.42. The van der Waals surface area contributed by atoms with Gasteiger partial charge < -0.3 is 0 Å². The number of pyridine rings is 1. The summed E-state index contributed by atoms with van der Waals surface area (Å²) < 4.78 is 0. The Morgan fingerprint density at radius 3 is 2.56 bits per heavy atom. The fourth-order valence-electron chi connectivity index (χ4n) is 4.18. The molecule has 5 rings (SSSR count). The van der Waals surface area contributed by atoms with Crippen molar-refractivity contribution < 1.29 is 4.79 Å². The second kappa shape index (κ2) is 5.43. The average Bonchev–Trinajstić information content (AvgIpc) is 2.89. The molecule has 1 aliphatic heterocycles. The zero-order valence-electron chi connectivity index (χ0n) is 15.5. The van der Waals surface area contributed by atoms with Crippen LogP contribution in [0.25, 0.3) is 16.6 Å². The van der Waals surface area contributed by atoms with Crippen LogP contribution in [-0.2, 0) is 6.42 Å². The topological polar surface area (TPSA) is 33.2 Å². The molecule has 0 saturated carbocycles. The molecule has 1 aliphatic carbocycles. The van der Waals surface area contributed by atoms with Crippen LogP contribution in [0.5, 0.6) is 0 Å². The van der Waals surface area contributed by atoms with Gasteiger partial charge in [0, 0.05) is 21.7 Å². The van der Waals surface area contributed by atoms with Crippen molar-refractivity contribution in [2.45, 2.75) is 27.2 Å². The second-order valence-electron chi connectivity index (χ2n) is 8.14. The molecule has 0 radical (unpaired) electrons. The van der Waals surface area contributed by atoms with Crippen molar-refractivity contribution in [2.75, 3.05) is 4.90 Å². The van der Waals surface area contributed by atoms with E-state index in [1.165, 1.54) is 5.56 Å². The Labute approximate surface area is 163 Å². The van der Waals surface area contributed by atoms with Crippen LogP contribution in [0.3, 0.4) is 0 Å². The minimum absolute atomic E-state index is 0.00582. The highest BCUT2D eigenvalue weighted by atomic mass is 35.5. The number of hydrogen-bond donors (Lipinski definition) is 0. The first-order valence-corrected chi connectivity index (χ1v) is 9.48. The number of anilines is 1. The largest absolute Gasteiger partial charge is 0.277 e. The Balaban J connectivity index is 1.85. The van der Waals surface area contributed by atoms with E-state index >= 15 is 0 Å². The summed E-state index contributed by atoms with van der Waals surface area (Å²) in [5.41, 5.74) is 6.43. The Kier molecular flexibility index (Phi) is 3.32. The molecular weight excluding hydrogens is 356 g/mol. The Bertz CT molecular complexity index is 1160. The first kappa shape index (κ1) is 16.5. The second-order valence-corrected chi connectivity index (χ2v) is 8.58. The number of rotatable bonds is 1. The minimum atomic E-state index is -0.0692. The molecule has 0 unspecified atom stereocenters. The molecule has 4 heteroatoms. The lowest BCUT2D eigenvalue weighted by atomic mass is 9.79. The van der Waals surface area contributed by atoms with Gasteiger partial charge in [0.1, 0.15) is 0 Å². The molecule has 3 nitrogen and oxygen atoms in total. The van der Waals surface area contributed by atoms with Crippen LogP contribution < -0.4 is 4.90 Å². The van der Waals surface area contributed by atoms with E-state index in [2.05, 4.69) is 19.9 Å². The molecule has 134 valence electrons. The van der Waals surface area contributed by atoms with E-state index in [0.717, 1.165) is 45.5 Å². The molecule has 3 aromatic rings. The van der Waals surface area contributed by atoms with Gasteiger partial charge in [-0.25, -0.2) is 0 Å². The van der Waals surface area contributed by atoms with E-state index in [1.807, 2.05) is 54.3 Å². The summed E-state index contributed by atoms with van der Waals surface area (Å²) in [6.07, 6.45) is 3.02. The molecule has 0 fully saturated rings. The summed E-state index contributed by atoms with van der Waals surface area (Å²) in [5, 5.41) is 1.44. The Morgan fingerprint density at radius 2 is 1.81 bits per heavy atom. The molecule has 2 aliphatic rings. The van der Waals surface area contributed by atoms with Gasteiger partial charge in [0.05, 0.1) is 22.5 Å². The number of benzene rings is 2. The number of aryl methyl sites for hydroxylation is 1. The summed E-state index contributed by atoms with van der Waals surface area (Å²) in [6, 6.07) is 13.7. The van der Waals surface area contributed by atoms with Gasteiger partial charge in [0.25, 0.3) is 5.91 Å². The van der Waals surface area contributed by atoms with E-state index in [0.29, 0.717) is 5.02 Å².